The van der Waals surface area contributed by atoms with Crippen LogP contribution in [0.25, 0.3) is 0 Å². The third-order valence-corrected chi connectivity index (χ3v) is 9.14. The molecule has 0 spiro atoms. The van der Waals surface area contributed by atoms with E-state index in [0.29, 0.717) is 83.2 Å². The van der Waals surface area contributed by atoms with Crippen LogP contribution >= 0.6 is 0 Å². The highest BCUT2D eigenvalue weighted by Crippen LogP contribution is 2.45. The molecule has 4 aromatic rings. The predicted molar refractivity (Wildman–Crippen MR) is 203 cm³/mol. The van der Waals surface area contributed by atoms with E-state index in [1.165, 1.54) is 0 Å². The van der Waals surface area contributed by atoms with E-state index in [2.05, 4.69) is 22.4 Å². The van der Waals surface area contributed by atoms with Gasteiger partial charge in [-0.1, -0.05) is 29.4 Å². The number of carbonyl (C=O) groups excluding carboxylic acids is 1. The molecule has 0 bridgehead atoms. The summed E-state index contributed by atoms with van der Waals surface area (Å²) in [6, 6.07) is 18.7. The molecule has 2 heterocycles. The summed E-state index contributed by atoms with van der Waals surface area (Å²) >= 11 is 0. The van der Waals surface area contributed by atoms with Gasteiger partial charge in [-0.05, 0) is 67.4 Å². The van der Waals surface area contributed by atoms with Gasteiger partial charge in [0.25, 0.3) is 5.91 Å². The molecule has 0 aliphatic carbocycles. The Morgan fingerprint density at radius 3 is 2.06 bits per heavy atom. The Labute approximate surface area is 314 Å². The fraction of sp³-hybridized carbons (Fsp3) is 0.317. The van der Waals surface area contributed by atoms with Crippen LogP contribution in [0.2, 0.25) is 0 Å². The quantitative estimate of drug-likeness (QED) is 0.0873. The molecule has 2 unspecified atom stereocenters. The van der Waals surface area contributed by atoms with E-state index in [0.717, 1.165) is 33.7 Å². The number of fused-ring (bicyclic) bond motifs is 1. The van der Waals surface area contributed by atoms with Gasteiger partial charge in [-0.15, -0.1) is 0 Å². The first-order valence-corrected chi connectivity index (χ1v) is 17.3. The molecule has 13 heteroatoms. The van der Waals surface area contributed by atoms with E-state index in [9.17, 15) is 4.79 Å². The van der Waals surface area contributed by atoms with Gasteiger partial charge < -0.3 is 53.4 Å². The van der Waals surface area contributed by atoms with Crippen LogP contribution in [-0.4, -0.2) is 60.9 Å². The summed E-state index contributed by atoms with van der Waals surface area (Å²) < 4.78 is 45.8. The summed E-state index contributed by atoms with van der Waals surface area (Å²) in [6.45, 7) is 6.46. The van der Waals surface area contributed by atoms with Crippen LogP contribution in [0.4, 0.5) is 5.69 Å². The van der Waals surface area contributed by atoms with Crippen molar-refractivity contribution in [3.05, 3.63) is 101 Å². The number of ether oxygens (including phenoxy) is 8. The third kappa shape index (κ3) is 7.89. The highest BCUT2D eigenvalue weighted by Gasteiger charge is 2.29. The number of allylic oxidation sites excluding steroid dienone is 1. The Morgan fingerprint density at radius 1 is 0.759 bits per heavy atom. The second kappa shape index (κ2) is 16.6. The zero-order chi connectivity index (χ0) is 38.4. The van der Waals surface area contributed by atoms with Gasteiger partial charge in [0.1, 0.15) is 6.17 Å². The maximum Gasteiger partial charge on any atom is 0.255 e. The van der Waals surface area contributed by atoms with Gasteiger partial charge in [-0.25, -0.2) is 0 Å². The number of nitrogens with one attached hydrogen (secondary N) is 2. The van der Waals surface area contributed by atoms with Crippen molar-refractivity contribution in [3.63, 3.8) is 0 Å². The summed E-state index contributed by atoms with van der Waals surface area (Å²) in [7, 11) is 9.40. The maximum absolute atomic E-state index is 12.8. The molecule has 0 fully saturated rings. The van der Waals surface area contributed by atoms with Gasteiger partial charge in [0.15, 0.2) is 40.6 Å². The first-order valence-electron chi connectivity index (χ1n) is 17.3. The van der Waals surface area contributed by atoms with Crippen molar-refractivity contribution in [3.8, 4) is 46.0 Å². The predicted octanol–water partition coefficient (Wildman–Crippen LogP) is 7.52. The van der Waals surface area contributed by atoms with Gasteiger partial charge in [0.05, 0.1) is 66.3 Å². The van der Waals surface area contributed by atoms with Crippen LogP contribution in [0.5, 0.6) is 46.0 Å². The van der Waals surface area contributed by atoms with Crippen molar-refractivity contribution >= 4 is 17.3 Å². The van der Waals surface area contributed by atoms with Gasteiger partial charge in [-0.3, -0.25) is 4.79 Å². The van der Waals surface area contributed by atoms with E-state index < -0.39 is 12.3 Å². The molecule has 2 N–H and O–H groups in total. The summed E-state index contributed by atoms with van der Waals surface area (Å²) in [5, 5.41) is 10.8. The number of carbonyl (C=O) groups is 1. The number of amides is 1. The SMILES string of the molecule is C=C(CCCOc1ccc(C2NC(=O)c3cc(C)ccc3N2)cc1OC)Oc1c(OC)cc(C2CC(c3cc(OC)c(OC)c(OC)c3)=NO2)cc1OC. The molecule has 54 heavy (non-hydrogen) atoms. The van der Waals surface area contributed by atoms with Crippen LogP contribution < -0.4 is 48.5 Å². The van der Waals surface area contributed by atoms with E-state index >= 15 is 0 Å². The van der Waals surface area contributed by atoms with E-state index in [1.807, 2.05) is 67.6 Å². The third-order valence-electron chi connectivity index (χ3n) is 9.14. The molecule has 0 saturated carbocycles. The summed E-state index contributed by atoms with van der Waals surface area (Å²) in [5.41, 5.74) is 5.56. The first kappa shape index (κ1) is 37.5. The lowest BCUT2D eigenvalue weighted by atomic mass is 9.99. The Hall–Kier alpha value is -6.24. The Kier molecular flexibility index (Phi) is 11.5. The Morgan fingerprint density at radius 2 is 1.41 bits per heavy atom. The minimum absolute atomic E-state index is 0.134. The number of oxime groups is 1. The highest BCUT2D eigenvalue weighted by atomic mass is 16.6. The minimum atomic E-state index is -0.413. The number of hydrogen-bond donors (Lipinski definition) is 2. The molecular weight excluding hydrogens is 694 g/mol. The maximum atomic E-state index is 12.8. The molecule has 1 amide bonds. The van der Waals surface area contributed by atoms with E-state index in [4.69, 9.17) is 42.7 Å². The van der Waals surface area contributed by atoms with Crippen molar-refractivity contribution in [1.29, 1.82) is 0 Å². The largest absolute Gasteiger partial charge is 0.493 e. The fourth-order valence-electron chi connectivity index (χ4n) is 6.33. The van der Waals surface area contributed by atoms with Crippen LogP contribution in [0, 0.1) is 6.92 Å². The van der Waals surface area contributed by atoms with Crippen molar-refractivity contribution < 1.29 is 47.5 Å². The number of nitrogens with zero attached hydrogens (tertiary/aromatic N) is 1. The zero-order valence-electron chi connectivity index (χ0n) is 31.5. The number of aryl methyl sites for hydroxylation is 1. The average Bonchev–Trinajstić information content (AvgIpc) is 3.69. The minimum Gasteiger partial charge on any atom is -0.493 e. The standard InChI is InChI=1S/C41H45N3O10/c1-23-11-13-29-28(16-23)41(45)43-40(42-29)25-12-14-31(33(17-25)46-3)52-15-9-10-24(2)53-39-36(49-6)20-27(21-37(39)50-7)32-22-30(44-54-32)26-18-34(47-4)38(51-8)35(19-26)48-5/h11-14,16-21,32,40,42H,2,9-10,15,22H2,1,3-8H3,(H,43,45). The molecule has 6 rings (SSSR count). The van der Waals surface area contributed by atoms with Crippen LogP contribution in [0.1, 0.15) is 64.1 Å². The number of rotatable bonds is 16. The monoisotopic (exact) mass is 739 g/mol. The van der Waals surface area contributed by atoms with E-state index in [1.54, 1.807) is 42.7 Å². The summed E-state index contributed by atoms with van der Waals surface area (Å²) in [5.74, 6) is 4.36. The summed E-state index contributed by atoms with van der Waals surface area (Å²) in [4.78, 5) is 18.6. The van der Waals surface area contributed by atoms with Crippen molar-refractivity contribution in [2.45, 2.75) is 38.5 Å². The van der Waals surface area contributed by atoms with Crippen molar-refractivity contribution in [2.75, 3.05) is 54.6 Å². The highest BCUT2D eigenvalue weighted by molar-refractivity contribution is 6.03. The van der Waals surface area contributed by atoms with Gasteiger partial charge in [0.2, 0.25) is 11.5 Å². The normalized spacial score (nSPS) is 15.8. The number of benzene rings is 4. The second-order valence-electron chi connectivity index (χ2n) is 12.6. The molecule has 13 nitrogen and oxygen atoms in total. The fourth-order valence-corrected chi connectivity index (χ4v) is 6.33. The second-order valence-corrected chi connectivity index (χ2v) is 12.6. The Balaban J connectivity index is 1.05. The lowest BCUT2D eigenvalue weighted by molar-refractivity contribution is 0.0853. The first-order chi connectivity index (χ1) is 26.2. The van der Waals surface area contributed by atoms with Gasteiger partial charge in [-0.2, -0.15) is 0 Å². The van der Waals surface area contributed by atoms with Crippen molar-refractivity contribution in [2.24, 2.45) is 5.16 Å². The van der Waals surface area contributed by atoms with Gasteiger partial charge >= 0.3 is 0 Å². The molecule has 2 aliphatic heterocycles. The smallest absolute Gasteiger partial charge is 0.255 e. The zero-order valence-corrected chi connectivity index (χ0v) is 31.5. The molecule has 4 aromatic carbocycles. The summed E-state index contributed by atoms with van der Waals surface area (Å²) in [6.07, 6.45) is 0.779. The average molecular weight is 740 g/mol. The number of anilines is 1. The lowest BCUT2D eigenvalue weighted by Gasteiger charge is -2.28. The molecule has 0 radical (unpaired) electrons. The number of hydrogen-bond acceptors (Lipinski definition) is 12. The molecule has 0 aromatic heterocycles. The Bertz CT molecular complexity index is 2010. The molecule has 0 saturated heterocycles. The molecular formula is C41H45N3O10. The molecule has 2 atom stereocenters. The van der Waals surface area contributed by atoms with Crippen molar-refractivity contribution in [1.82, 2.24) is 5.32 Å². The van der Waals surface area contributed by atoms with E-state index in [-0.39, 0.29) is 5.91 Å². The topological polar surface area (TPSA) is 137 Å². The molecule has 284 valence electrons. The van der Waals surface area contributed by atoms with Crippen LogP contribution in [0.3, 0.4) is 0 Å². The lowest BCUT2D eigenvalue weighted by Crippen LogP contribution is -2.38. The van der Waals surface area contributed by atoms with Crippen LogP contribution in [-0.2, 0) is 4.84 Å². The van der Waals surface area contributed by atoms with Gasteiger partial charge in [0, 0.05) is 29.7 Å². The molecule has 2 aliphatic rings. The number of methoxy groups -OCH3 is 6. The van der Waals surface area contributed by atoms with Crippen LogP contribution in [0.15, 0.2) is 78.2 Å².